The van der Waals surface area contributed by atoms with Crippen LogP contribution in [0.5, 0.6) is 5.75 Å². The first kappa shape index (κ1) is 15.6. The van der Waals surface area contributed by atoms with Crippen LogP contribution in [0.1, 0.15) is 19.3 Å². The van der Waals surface area contributed by atoms with Gasteiger partial charge in [-0.05, 0) is 44.5 Å². The Hall–Kier alpha value is -1.75. The molecule has 0 bridgehead atoms. The van der Waals surface area contributed by atoms with Crippen molar-refractivity contribution in [3.8, 4) is 5.75 Å². The molecule has 0 unspecified atom stereocenters. The van der Waals surface area contributed by atoms with Crippen molar-refractivity contribution in [1.29, 1.82) is 0 Å². The van der Waals surface area contributed by atoms with E-state index in [2.05, 4.69) is 10.2 Å². The van der Waals surface area contributed by atoms with Gasteiger partial charge in [0.15, 0.2) is 0 Å². The zero-order valence-electron chi connectivity index (χ0n) is 12.7. The highest BCUT2D eigenvalue weighted by atomic mass is 16.5. The first-order valence-corrected chi connectivity index (χ1v) is 7.62. The largest absolute Gasteiger partial charge is 0.491 e. The Morgan fingerprint density at radius 1 is 1.38 bits per heavy atom. The fraction of sp³-hybridized carbons (Fsp3) is 0.562. The molecule has 0 saturated carbocycles. The summed E-state index contributed by atoms with van der Waals surface area (Å²) < 4.78 is 5.69. The molecule has 5 nitrogen and oxygen atoms in total. The van der Waals surface area contributed by atoms with E-state index in [0.29, 0.717) is 12.3 Å². The van der Waals surface area contributed by atoms with Gasteiger partial charge in [-0.15, -0.1) is 0 Å². The van der Waals surface area contributed by atoms with Crippen LogP contribution in [0.4, 0.5) is 5.69 Å². The molecule has 0 aliphatic carbocycles. The van der Waals surface area contributed by atoms with E-state index in [4.69, 9.17) is 10.5 Å². The van der Waals surface area contributed by atoms with E-state index in [1.165, 1.54) is 0 Å². The van der Waals surface area contributed by atoms with Gasteiger partial charge in [0.2, 0.25) is 5.91 Å². The molecule has 5 heteroatoms. The predicted octanol–water partition coefficient (Wildman–Crippen LogP) is 1.50. The van der Waals surface area contributed by atoms with Crippen LogP contribution in [0.3, 0.4) is 0 Å². The highest BCUT2D eigenvalue weighted by molar-refractivity contribution is 5.78. The minimum absolute atomic E-state index is 0.178. The highest BCUT2D eigenvalue weighted by Crippen LogP contribution is 2.20. The second kappa shape index (κ2) is 7.88. The lowest BCUT2D eigenvalue weighted by Crippen LogP contribution is -2.40. The molecule has 0 atom stereocenters. The number of nitrogen functional groups attached to an aromatic ring is 1. The number of nitrogens with zero attached hydrogens (tertiary/aromatic N) is 1. The van der Waals surface area contributed by atoms with Crippen molar-refractivity contribution < 1.29 is 9.53 Å². The molecule has 2 rings (SSSR count). The number of rotatable bonds is 6. The molecule has 1 heterocycles. The van der Waals surface area contributed by atoms with Gasteiger partial charge < -0.3 is 20.7 Å². The first-order valence-electron chi connectivity index (χ1n) is 7.62. The third kappa shape index (κ3) is 4.63. The maximum absolute atomic E-state index is 11.6. The second-order valence-electron chi connectivity index (χ2n) is 5.47. The molecule has 0 radical (unpaired) electrons. The Bertz CT molecular complexity index is 457. The van der Waals surface area contributed by atoms with Crippen LogP contribution in [-0.4, -0.2) is 44.1 Å². The van der Waals surface area contributed by atoms with Gasteiger partial charge in [-0.3, -0.25) is 4.79 Å². The van der Waals surface area contributed by atoms with E-state index in [-0.39, 0.29) is 11.8 Å². The van der Waals surface area contributed by atoms with Crippen molar-refractivity contribution in [2.24, 2.45) is 5.92 Å². The van der Waals surface area contributed by atoms with E-state index in [1.807, 2.05) is 24.3 Å². The summed E-state index contributed by atoms with van der Waals surface area (Å²) in [6.45, 7) is 3.66. The summed E-state index contributed by atoms with van der Waals surface area (Å²) in [6, 6.07) is 7.57. The Balaban J connectivity index is 1.62. The van der Waals surface area contributed by atoms with Crippen molar-refractivity contribution in [3.05, 3.63) is 24.3 Å². The van der Waals surface area contributed by atoms with E-state index >= 15 is 0 Å². The van der Waals surface area contributed by atoms with Gasteiger partial charge in [-0.2, -0.15) is 0 Å². The molecule has 0 spiro atoms. The average Bonchev–Trinajstić information content (AvgIpc) is 2.53. The first-order chi connectivity index (χ1) is 10.2. The average molecular weight is 291 g/mol. The fourth-order valence-electron chi connectivity index (χ4n) is 2.71. The SMILES string of the molecule is CNC(=O)C1CCN(CCCOc2ccccc2N)CC1. The van der Waals surface area contributed by atoms with E-state index in [9.17, 15) is 4.79 Å². The van der Waals surface area contributed by atoms with Gasteiger partial charge in [-0.1, -0.05) is 12.1 Å². The quantitative estimate of drug-likeness (QED) is 0.615. The third-order valence-corrected chi connectivity index (χ3v) is 4.00. The van der Waals surface area contributed by atoms with Gasteiger partial charge in [0.1, 0.15) is 5.75 Å². The number of amides is 1. The number of ether oxygens (including phenoxy) is 1. The van der Waals surface area contributed by atoms with Crippen LogP contribution in [0, 0.1) is 5.92 Å². The smallest absolute Gasteiger partial charge is 0.222 e. The summed E-state index contributed by atoms with van der Waals surface area (Å²) in [6.07, 6.45) is 2.87. The number of nitrogens with two attached hydrogens (primary N) is 1. The minimum Gasteiger partial charge on any atom is -0.491 e. The molecule has 116 valence electrons. The van der Waals surface area contributed by atoms with Crippen molar-refractivity contribution in [1.82, 2.24) is 10.2 Å². The van der Waals surface area contributed by atoms with Crippen LogP contribution >= 0.6 is 0 Å². The molecule has 1 aliphatic rings. The highest BCUT2D eigenvalue weighted by Gasteiger charge is 2.23. The standard InChI is InChI=1S/C16H25N3O2/c1-18-16(20)13-7-10-19(11-8-13)9-4-12-21-15-6-3-2-5-14(15)17/h2-3,5-6,13H,4,7-12,17H2,1H3,(H,18,20). The van der Waals surface area contributed by atoms with Crippen molar-refractivity contribution >= 4 is 11.6 Å². The van der Waals surface area contributed by atoms with Gasteiger partial charge >= 0.3 is 0 Å². The number of carbonyl (C=O) groups is 1. The Labute approximate surface area is 126 Å². The predicted molar refractivity (Wildman–Crippen MR) is 84.2 cm³/mol. The van der Waals surface area contributed by atoms with Crippen LogP contribution in [0.15, 0.2) is 24.3 Å². The maximum Gasteiger partial charge on any atom is 0.222 e. The Morgan fingerprint density at radius 3 is 2.76 bits per heavy atom. The molecule has 1 fully saturated rings. The summed E-state index contributed by atoms with van der Waals surface area (Å²) >= 11 is 0. The molecular weight excluding hydrogens is 266 g/mol. The number of piperidine rings is 1. The minimum atomic E-state index is 0.178. The topological polar surface area (TPSA) is 67.6 Å². The lowest BCUT2D eigenvalue weighted by Gasteiger charge is -2.30. The number of hydrogen-bond donors (Lipinski definition) is 2. The number of hydrogen-bond acceptors (Lipinski definition) is 4. The second-order valence-corrected chi connectivity index (χ2v) is 5.47. The number of anilines is 1. The lowest BCUT2D eigenvalue weighted by molar-refractivity contribution is -0.125. The molecule has 1 saturated heterocycles. The van der Waals surface area contributed by atoms with Gasteiger partial charge in [0.05, 0.1) is 12.3 Å². The molecule has 1 aromatic rings. The zero-order chi connectivity index (χ0) is 15.1. The third-order valence-electron chi connectivity index (χ3n) is 4.00. The summed E-state index contributed by atoms with van der Waals surface area (Å²) in [5.41, 5.74) is 6.51. The molecule has 0 aromatic heterocycles. The summed E-state index contributed by atoms with van der Waals surface area (Å²) in [7, 11) is 1.71. The number of carbonyl (C=O) groups excluding carboxylic acids is 1. The monoisotopic (exact) mass is 291 g/mol. The number of benzene rings is 1. The Morgan fingerprint density at radius 2 is 2.10 bits per heavy atom. The van der Waals surface area contributed by atoms with Crippen LogP contribution in [0.2, 0.25) is 0 Å². The maximum atomic E-state index is 11.6. The molecule has 3 N–H and O–H groups in total. The summed E-state index contributed by atoms with van der Waals surface area (Å²) in [5, 5.41) is 2.74. The summed E-state index contributed by atoms with van der Waals surface area (Å²) in [5.74, 6) is 1.12. The van der Waals surface area contributed by atoms with Gasteiger partial charge in [-0.25, -0.2) is 0 Å². The fourth-order valence-corrected chi connectivity index (χ4v) is 2.71. The Kier molecular flexibility index (Phi) is 5.87. The van der Waals surface area contributed by atoms with E-state index in [1.54, 1.807) is 7.05 Å². The molecule has 1 aromatic carbocycles. The van der Waals surface area contributed by atoms with Gasteiger partial charge in [0.25, 0.3) is 0 Å². The van der Waals surface area contributed by atoms with Crippen LogP contribution in [-0.2, 0) is 4.79 Å². The number of para-hydroxylation sites is 2. The normalized spacial score (nSPS) is 16.6. The van der Waals surface area contributed by atoms with Crippen molar-refractivity contribution in [2.45, 2.75) is 19.3 Å². The van der Waals surface area contributed by atoms with E-state index in [0.717, 1.165) is 44.6 Å². The molecular formula is C16H25N3O2. The molecule has 1 aliphatic heterocycles. The van der Waals surface area contributed by atoms with Crippen molar-refractivity contribution in [2.75, 3.05) is 39.0 Å². The van der Waals surface area contributed by atoms with Gasteiger partial charge in [0, 0.05) is 19.5 Å². The van der Waals surface area contributed by atoms with Crippen LogP contribution in [0.25, 0.3) is 0 Å². The molecule has 1 amide bonds. The number of likely N-dealkylation sites (tertiary alicyclic amines) is 1. The lowest BCUT2D eigenvalue weighted by atomic mass is 9.96. The number of nitrogens with one attached hydrogen (secondary N) is 1. The summed E-state index contributed by atoms with van der Waals surface area (Å²) in [4.78, 5) is 14.0. The van der Waals surface area contributed by atoms with Crippen LogP contribution < -0.4 is 15.8 Å². The zero-order valence-corrected chi connectivity index (χ0v) is 12.7. The van der Waals surface area contributed by atoms with Crippen molar-refractivity contribution in [3.63, 3.8) is 0 Å². The molecule has 21 heavy (non-hydrogen) atoms. The van der Waals surface area contributed by atoms with E-state index < -0.39 is 0 Å².